The Labute approximate surface area is 224 Å². The first kappa shape index (κ1) is 25.5. The Bertz CT molecular complexity index is 1240. The van der Waals surface area contributed by atoms with Gasteiger partial charge >= 0.3 is 13.2 Å². The number of rotatable bonds is 6. The first-order chi connectivity index (χ1) is 18.2. The Kier molecular flexibility index (Phi) is 6.34. The summed E-state index contributed by atoms with van der Waals surface area (Å²) in [4.78, 5) is 26.9. The second-order valence-electron chi connectivity index (χ2n) is 12.2. The van der Waals surface area contributed by atoms with Crippen molar-refractivity contribution in [3.63, 3.8) is 0 Å². The van der Waals surface area contributed by atoms with Crippen molar-refractivity contribution < 1.29 is 28.1 Å². The van der Waals surface area contributed by atoms with Crippen LogP contribution in [0.2, 0.25) is 0 Å². The van der Waals surface area contributed by atoms with E-state index >= 15 is 0 Å². The molecule has 1 aromatic heterocycles. The molecule has 0 spiro atoms. The average molecular weight is 520 g/mol. The van der Waals surface area contributed by atoms with Crippen LogP contribution < -0.4 is 5.32 Å². The van der Waals surface area contributed by atoms with Gasteiger partial charge in [-0.05, 0) is 74.0 Å². The van der Waals surface area contributed by atoms with Gasteiger partial charge in [0.1, 0.15) is 11.7 Å². The van der Waals surface area contributed by atoms with Gasteiger partial charge in [-0.3, -0.25) is 4.79 Å². The van der Waals surface area contributed by atoms with Crippen molar-refractivity contribution in [2.45, 2.75) is 76.6 Å². The molecule has 3 heterocycles. The van der Waals surface area contributed by atoms with Gasteiger partial charge in [-0.2, -0.15) is 0 Å². The van der Waals surface area contributed by atoms with Gasteiger partial charge in [-0.25, -0.2) is 4.79 Å². The van der Waals surface area contributed by atoms with Crippen LogP contribution in [0.15, 0.2) is 47.6 Å². The van der Waals surface area contributed by atoms with Gasteiger partial charge in [0.15, 0.2) is 0 Å². The number of piperidine rings is 1. The Morgan fingerprint density at radius 2 is 2.11 bits per heavy atom. The molecule has 2 saturated heterocycles. The summed E-state index contributed by atoms with van der Waals surface area (Å²) in [5.41, 5.74) is 1.61. The fourth-order valence-corrected chi connectivity index (χ4v) is 7.41. The molecule has 9 heteroatoms. The van der Waals surface area contributed by atoms with Crippen LogP contribution in [0.25, 0.3) is 11.0 Å². The highest BCUT2D eigenvalue weighted by atomic mass is 16.7. The largest absolute Gasteiger partial charge is 0.482 e. The number of alkyl carbamates (subject to hydrolysis) is 1. The second-order valence-corrected chi connectivity index (χ2v) is 12.2. The van der Waals surface area contributed by atoms with E-state index in [-0.39, 0.29) is 29.1 Å². The second kappa shape index (κ2) is 9.45. The van der Waals surface area contributed by atoms with Crippen molar-refractivity contribution in [3.05, 3.63) is 48.7 Å². The first-order valence-electron chi connectivity index (χ1n) is 13.9. The van der Waals surface area contributed by atoms with E-state index in [1.165, 1.54) is 6.08 Å². The Hall–Kier alpha value is -2.78. The number of amides is 2. The molecule has 2 bridgehead atoms. The summed E-state index contributed by atoms with van der Waals surface area (Å²) in [6.07, 6.45) is 6.23. The molecule has 6 atom stereocenters. The van der Waals surface area contributed by atoms with Crippen LogP contribution in [-0.2, 0) is 25.3 Å². The predicted octanol–water partition coefficient (Wildman–Crippen LogP) is 4.51. The van der Waals surface area contributed by atoms with E-state index in [4.69, 9.17) is 18.5 Å². The third-order valence-electron chi connectivity index (χ3n) is 9.74. The fourth-order valence-electron chi connectivity index (χ4n) is 7.41. The number of benzene rings is 1. The molecule has 2 aromatic rings. The molecule has 1 N–H and O–H groups in total. The van der Waals surface area contributed by atoms with Gasteiger partial charge in [-0.1, -0.05) is 38.6 Å². The zero-order valence-electron chi connectivity index (χ0n) is 22.5. The van der Waals surface area contributed by atoms with Crippen LogP contribution in [0.1, 0.15) is 52.0 Å². The SMILES string of the molecule is C=CC(=O)N1CCC[C@H](OC(=O)N[C@@H](Cc2coc3ccccc23)B2OC3C[C@@H]4C[C@@H](C4(C)C)[C@]3(C)O2)C1. The lowest BCUT2D eigenvalue weighted by atomic mass is 9.43. The van der Waals surface area contributed by atoms with Crippen molar-refractivity contribution in [2.24, 2.45) is 17.3 Å². The number of carbonyl (C=O) groups excluding carboxylic acids is 2. The maximum atomic E-state index is 13.2. The van der Waals surface area contributed by atoms with Crippen molar-refractivity contribution >= 4 is 30.1 Å². The summed E-state index contributed by atoms with van der Waals surface area (Å²) >= 11 is 0. The van der Waals surface area contributed by atoms with Crippen molar-refractivity contribution in [3.8, 4) is 0 Å². The smallest absolute Gasteiger partial charge is 0.464 e. The van der Waals surface area contributed by atoms with Crippen molar-refractivity contribution in [1.29, 1.82) is 0 Å². The molecule has 1 unspecified atom stereocenters. The number of nitrogens with one attached hydrogen (secondary N) is 1. The minimum Gasteiger partial charge on any atom is -0.464 e. The number of hydrogen-bond acceptors (Lipinski definition) is 6. The minimum absolute atomic E-state index is 0.00232. The van der Waals surface area contributed by atoms with Gasteiger partial charge in [0.25, 0.3) is 0 Å². The van der Waals surface area contributed by atoms with Crippen LogP contribution in [0, 0.1) is 17.3 Å². The zero-order valence-corrected chi connectivity index (χ0v) is 22.5. The molecule has 3 aliphatic carbocycles. The van der Waals surface area contributed by atoms with Crippen LogP contribution in [0.5, 0.6) is 0 Å². The Balaban J connectivity index is 1.20. The van der Waals surface area contributed by atoms with Crippen LogP contribution in [0.4, 0.5) is 4.79 Å². The number of para-hydroxylation sites is 1. The molecule has 2 amide bonds. The molecule has 5 fully saturated rings. The van der Waals surface area contributed by atoms with E-state index in [0.717, 1.165) is 35.8 Å². The van der Waals surface area contributed by atoms with Crippen molar-refractivity contribution in [2.75, 3.05) is 13.1 Å². The standard InChI is InChI=1S/C29H37BN2O6/c1-5-26(33)32-12-8-9-20(16-32)36-27(34)31-25(13-18-17-35-22-11-7-6-10-21(18)22)30-37-24-15-19-14-23(28(19,2)3)29(24,4)38-30/h5-7,10-11,17,19-20,23-25H,1,8-9,12-16H2,2-4H3,(H,31,34)/t19-,20-,23-,24?,25-,29-/m0/s1. The van der Waals surface area contributed by atoms with E-state index in [1.807, 2.05) is 24.3 Å². The van der Waals surface area contributed by atoms with E-state index in [1.54, 1.807) is 11.2 Å². The van der Waals surface area contributed by atoms with E-state index in [2.05, 4.69) is 32.7 Å². The molecule has 2 aliphatic heterocycles. The van der Waals surface area contributed by atoms with E-state index < -0.39 is 19.2 Å². The first-order valence-corrected chi connectivity index (χ1v) is 13.9. The van der Waals surface area contributed by atoms with Crippen LogP contribution in [0.3, 0.4) is 0 Å². The quantitative estimate of drug-likeness (QED) is 0.445. The molecule has 3 saturated carbocycles. The summed E-state index contributed by atoms with van der Waals surface area (Å²) in [6, 6.07) is 7.87. The molecule has 5 aliphatic rings. The molecule has 202 valence electrons. The maximum Gasteiger partial charge on any atom is 0.482 e. The van der Waals surface area contributed by atoms with E-state index in [9.17, 15) is 9.59 Å². The topological polar surface area (TPSA) is 90.2 Å². The number of likely N-dealkylation sites (tertiary alicyclic amines) is 1. The normalized spacial score (nSPS) is 32.3. The molecule has 1 aromatic carbocycles. The molecular formula is C29H37BN2O6. The molecular weight excluding hydrogens is 483 g/mol. The summed E-state index contributed by atoms with van der Waals surface area (Å²) in [6.45, 7) is 11.4. The highest BCUT2D eigenvalue weighted by Gasteiger charge is 2.68. The Morgan fingerprint density at radius 3 is 2.89 bits per heavy atom. The number of carbonyl (C=O) groups is 2. The van der Waals surface area contributed by atoms with Gasteiger partial charge in [0.05, 0.1) is 30.5 Å². The van der Waals surface area contributed by atoms with Crippen molar-refractivity contribution in [1.82, 2.24) is 10.2 Å². The third-order valence-corrected chi connectivity index (χ3v) is 9.74. The highest BCUT2D eigenvalue weighted by Crippen LogP contribution is 2.65. The van der Waals surface area contributed by atoms with Gasteiger partial charge in [0.2, 0.25) is 5.91 Å². The lowest BCUT2D eigenvalue weighted by Gasteiger charge is -2.64. The minimum atomic E-state index is -0.605. The predicted molar refractivity (Wildman–Crippen MR) is 143 cm³/mol. The van der Waals surface area contributed by atoms with Gasteiger partial charge in [0, 0.05) is 11.9 Å². The molecule has 7 rings (SSSR count). The number of nitrogens with zero attached hydrogens (tertiary/aromatic N) is 1. The Morgan fingerprint density at radius 1 is 1.29 bits per heavy atom. The zero-order chi connectivity index (χ0) is 26.7. The van der Waals surface area contributed by atoms with Gasteiger partial charge < -0.3 is 28.7 Å². The maximum absolute atomic E-state index is 13.2. The number of furan rings is 1. The van der Waals surface area contributed by atoms with Crippen LogP contribution in [-0.4, -0.2) is 60.9 Å². The number of hydrogen-bond donors (Lipinski definition) is 1. The van der Waals surface area contributed by atoms with Crippen LogP contribution >= 0.6 is 0 Å². The fraction of sp³-hybridized carbons (Fsp3) is 0.586. The lowest BCUT2D eigenvalue weighted by molar-refractivity contribution is -0.199. The molecule has 8 nitrogen and oxygen atoms in total. The summed E-state index contributed by atoms with van der Waals surface area (Å²) in [7, 11) is -0.605. The third kappa shape index (κ3) is 4.24. The summed E-state index contributed by atoms with van der Waals surface area (Å²) in [5.74, 6) is 0.436. The summed E-state index contributed by atoms with van der Waals surface area (Å²) in [5, 5.41) is 4.07. The number of fused-ring (bicyclic) bond motifs is 1. The lowest BCUT2D eigenvalue weighted by Crippen LogP contribution is -2.65. The number of ether oxygens (including phenoxy) is 1. The molecule has 38 heavy (non-hydrogen) atoms. The highest BCUT2D eigenvalue weighted by molar-refractivity contribution is 6.48. The van der Waals surface area contributed by atoms with E-state index in [0.29, 0.717) is 37.8 Å². The van der Waals surface area contributed by atoms with Gasteiger partial charge in [-0.15, -0.1) is 0 Å². The summed E-state index contributed by atoms with van der Waals surface area (Å²) < 4.78 is 24.9. The average Bonchev–Trinajstić information content (AvgIpc) is 3.48. The molecule has 0 radical (unpaired) electrons. The monoisotopic (exact) mass is 520 g/mol.